The van der Waals surface area contributed by atoms with Crippen LogP contribution in [0.3, 0.4) is 0 Å². The van der Waals surface area contributed by atoms with Crippen molar-refractivity contribution >= 4 is 22.8 Å². The van der Waals surface area contributed by atoms with Crippen LogP contribution in [0.25, 0.3) is 0 Å². The number of alkyl halides is 4. The van der Waals surface area contributed by atoms with E-state index in [0.717, 1.165) is 6.07 Å². The van der Waals surface area contributed by atoms with E-state index in [9.17, 15) is 35.1 Å². The van der Waals surface area contributed by atoms with Gasteiger partial charge in [-0.3, -0.25) is 4.21 Å². The Morgan fingerprint density at radius 3 is 1.89 bits per heavy atom. The van der Waals surface area contributed by atoms with E-state index < -0.39 is 49.9 Å². The summed E-state index contributed by atoms with van der Waals surface area (Å²) in [4.78, 5) is -1.38. The van der Waals surface area contributed by atoms with Crippen molar-refractivity contribution in [2.75, 3.05) is 0 Å². The van der Waals surface area contributed by atoms with Gasteiger partial charge >= 0.3 is 40.1 Å². The molecule has 0 amide bonds. The Bertz CT molecular complexity index is 464. The van der Waals surface area contributed by atoms with E-state index >= 15 is 0 Å². The van der Waals surface area contributed by atoms with Gasteiger partial charge in [0.15, 0.2) is 0 Å². The quantitative estimate of drug-likeness (QED) is 0.341. The van der Waals surface area contributed by atoms with Gasteiger partial charge in [-0.05, 0) is 23.9 Å². The second-order valence-electron chi connectivity index (χ2n) is 2.92. The van der Waals surface area contributed by atoms with Gasteiger partial charge in [0.25, 0.3) is 0 Å². The van der Waals surface area contributed by atoms with Crippen LogP contribution in [0.2, 0.25) is 0 Å². The van der Waals surface area contributed by atoms with Crippen molar-refractivity contribution in [3.63, 3.8) is 0 Å². The molecule has 1 aromatic rings. The third-order valence-electron chi connectivity index (χ3n) is 1.70. The zero-order chi connectivity index (χ0) is 14.1. The van der Waals surface area contributed by atoms with Crippen molar-refractivity contribution in [1.29, 1.82) is 0 Å². The number of thioether (sulfide) groups is 1. The predicted octanol–water partition coefficient (Wildman–Crippen LogP) is 0.126. The molecule has 11 heteroatoms. The van der Waals surface area contributed by atoms with Crippen LogP contribution < -0.4 is 29.6 Å². The second-order valence-corrected chi connectivity index (χ2v) is 5.03. The van der Waals surface area contributed by atoms with Gasteiger partial charge < -0.3 is 4.55 Å². The van der Waals surface area contributed by atoms with E-state index in [2.05, 4.69) is 0 Å². The Kier molecular flexibility index (Phi) is 6.90. The molecule has 0 radical (unpaired) electrons. The standard InChI is InChI=1S/C8H4F6O2S2.Na/c9-4-2-1-3-5(10)6(4)17-7(11,12)8(13,14)18(15)16;/h1-3H,(H,15,16);/q;+1/p-1. The van der Waals surface area contributed by atoms with E-state index in [0.29, 0.717) is 12.1 Å². The summed E-state index contributed by atoms with van der Waals surface area (Å²) in [5, 5.41) is -10.7. The van der Waals surface area contributed by atoms with Crippen molar-refractivity contribution in [3.05, 3.63) is 29.8 Å². The Morgan fingerprint density at radius 2 is 1.53 bits per heavy atom. The normalized spacial score (nSPS) is 13.8. The topological polar surface area (TPSA) is 40.1 Å². The van der Waals surface area contributed by atoms with Gasteiger partial charge in [0.1, 0.15) is 11.6 Å². The van der Waals surface area contributed by atoms with Crippen LogP contribution >= 0.6 is 11.8 Å². The van der Waals surface area contributed by atoms with E-state index in [1.54, 1.807) is 0 Å². The Morgan fingerprint density at radius 1 is 1.11 bits per heavy atom. The van der Waals surface area contributed by atoms with Crippen molar-refractivity contribution in [2.24, 2.45) is 0 Å². The SMILES string of the molecule is O=S([O-])C(F)(F)C(F)(F)Sc1c(F)cccc1F.[Na+]. The number of rotatable bonds is 4. The molecule has 1 unspecified atom stereocenters. The maximum Gasteiger partial charge on any atom is 1.00 e. The summed E-state index contributed by atoms with van der Waals surface area (Å²) in [6.07, 6.45) is 0. The largest absolute Gasteiger partial charge is 1.00 e. The number of hydrogen-bond acceptors (Lipinski definition) is 3. The molecule has 0 aliphatic carbocycles. The molecule has 0 spiro atoms. The third kappa shape index (κ3) is 4.11. The maximum absolute atomic E-state index is 13.0. The summed E-state index contributed by atoms with van der Waals surface area (Å²) in [6, 6.07) is 2.00. The summed E-state index contributed by atoms with van der Waals surface area (Å²) in [7, 11) is 0. The van der Waals surface area contributed by atoms with Crippen molar-refractivity contribution in [3.8, 4) is 0 Å². The van der Waals surface area contributed by atoms with Crippen LogP contribution in [-0.2, 0) is 11.1 Å². The predicted molar refractivity (Wildman–Crippen MR) is 51.0 cm³/mol. The molecule has 0 saturated heterocycles. The molecule has 0 aromatic heterocycles. The maximum atomic E-state index is 13.0. The molecule has 0 saturated carbocycles. The van der Waals surface area contributed by atoms with Gasteiger partial charge in [0.05, 0.1) is 4.90 Å². The molecule has 0 aliphatic rings. The van der Waals surface area contributed by atoms with E-state index in [4.69, 9.17) is 0 Å². The van der Waals surface area contributed by atoms with Crippen molar-refractivity contribution < 1.29 is 64.7 Å². The van der Waals surface area contributed by atoms with Crippen LogP contribution in [0.4, 0.5) is 26.3 Å². The van der Waals surface area contributed by atoms with Crippen LogP contribution in [0.15, 0.2) is 23.1 Å². The smallest absolute Gasteiger partial charge is 0.768 e. The summed E-state index contributed by atoms with van der Waals surface area (Å²) >= 11 is -5.62. The molecular weight excluding hydrogens is 329 g/mol. The van der Waals surface area contributed by atoms with Gasteiger partial charge in [-0.25, -0.2) is 8.78 Å². The summed E-state index contributed by atoms with van der Waals surface area (Å²) in [5.74, 6) is -2.99. The number of halogens is 6. The minimum Gasteiger partial charge on any atom is -0.768 e. The van der Waals surface area contributed by atoms with Gasteiger partial charge in [0, 0.05) is 11.1 Å². The average Bonchev–Trinajstić information content (AvgIpc) is 2.23. The molecule has 0 bridgehead atoms. The molecule has 1 atom stereocenters. The van der Waals surface area contributed by atoms with E-state index in [-0.39, 0.29) is 29.6 Å². The summed E-state index contributed by atoms with van der Waals surface area (Å²) in [5.41, 5.74) is 0. The molecule has 2 nitrogen and oxygen atoms in total. The fourth-order valence-corrected chi connectivity index (χ4v) is 2.09. The Balaban J connectivity index is 0.00000324. The number of hydrogen-bond donors (Lipinski definition) is 0. The van der Waals surface area contributed by atoms with Crippen LogP contribution in [0, 0.1) is 11.6 Å². The summed E-state index contributed by atoms with van der Waals surface area (Å²) in [6.45, 7) is 0. The molecule has 1 aromatic carbocycles. The van der Waals surface area contributed by atoms with Crippen LogP contribution in [-0.4, -0.2) is 19.3 Å². The molecule has 0 aliphatic heterocycles. The first kappa shape index (κ1) is 19.3. The summed E-state index contributed by atoms with van der Waals surface area (Å²) < 4.78 is 97.2. The molecular formula is C8H3F6NaO2S2. The minimum absolute atomic E-state index is 0. The van der Waals surface area contributed by atoms with Gasteiger partial charge in [-0.2, -0.15) is 17.6 Å². The van der Waals surface area contributed by atoms with Crippen LogP contribution in [0.1, 0.15) is 0 Å². The van der Waals surface area contributed by atoms with E-state index in [1.807, 2.05) is 0 Å². The fourth-order valence-electron chi connectivity index (χ4n) is 0.865. The zero-order valence-electron chi connectivity index (χ0n) is 9.13. The van der Waals surface area contributed by atoms with Crippen molar-refractivity contribution in [2.45, 2.75) is 15.4 Å². The van der Waals surface area contributed by atoms with Crippen molar-refractivity contribution in [1.82, 2.24) is 0 Å². The molecule has 0 N–H and O–H groups in total. The molecule has 1 rings (SSSR count). The first-order valence-electron chi connectivity index (χ1n) is 4.07. The Labute approximate surface area is 132 Å². The molecule has 0 fully saturated rings. The first-order valence-corrected chi connectivity index (χ1v) is 5.97. The third-order valence-corrected chi connectivity index (χ3v) is 3.61. The monoisotopic (exact) mass is 332 g/mol. The van der Waals surface area contributed by atoms with E-state index in [1.165, 1.54) is 0 Å². The van der Waals surface area contributed by atoms with Gasteiger partial charge in [0.2, 0.25) is 0 Å². The zero-order valence-corrected chi connectivity index (χ0v) is 12.8. The first-order chi connectivity index (χ1) is 8.09. The fraction of sp³-hybridized carbons (Fsp3) is 0.250. The second kappa shape index (κ2) is 6.81. The van der Waals surface area contributed by atoms with Gasteiger partial charge in [-0.15, -0.1) is 0 Å². The number of benzene rings is 1. The van der Waals surface area contributed by atoms with Crippen LogP contribution in [0.5, 0.6) is 0 Å². The Hall–Kier alpha value is 0.260. The van der Waals surface area contributed by atoms with Gasteiger partial charge in [-0.1, -0.05) is 6.07 Å². The molecule has 19 heavy (non-hydrogen) atoms. The average molecular weight is 332 g/mol. The molecule has 102 valence electrons. The minimum atomic E-state index is -5.45. The molecule has 0 heterocycles.